The van der Waals surface area contributed by atoms with Crippen LogP contribution in [0.1, 0.15) is 28.3 Å². The van der Waals surface area contributed by atoms with Crippen LogP contribution in [0, 0.1) is 0 Å². The Kier molecular flexibility index (Phi) is 6.21. The summed E-state index contributed by atoms with van der Waals surface area (Å²) in [5, 5.41) is 0. The summed E-state index contributed by atoms with van der Waals surface area (Å²) in [5.41, 5.74) is -2.09. The van der Waals surface area contributed by atoms with E-state index in [0.29, 0.717) is 25.3 Å². The maximum Gasteiger partial charge on any atom is 0.416 e. The third-order valence-corrected chi connectivity index (χ3v) is 4.66. The number of nitrogens with zero attached hydrogens (tertiary/aromatic N) is 1. The fourth-order valence-electron chi connectivity index (χ4n) is 3.23. The van der Waals surface area contributed by atoms with Gasteiger partial charge in [0.2, 0.25) is 0 Å². The van der Waals surface area contributed by atoms with Crippen LogP contribution in [0.2, 0.25) is 0 Å². The van der Waals surface area contributed by atoms with E-state index in [-0.39, 0.29) is 17.7 Å². The van der Waals surface area contributed by atoms with Crippen LogP contribution < -0.4 is 0 Å². The Balaban J connectivity index is 1.84. The van der Waals surface area contributed by atoms with Crippen molar-refractivity contribution in [1.82, 2.24) is 4.90 Å². The second-order valence-corrected chi connectivity index (χ2v) is 6.80. The van der Waals surface area contributed by atoms with Gasteiger partial charge in [-0.05, 0) is 36.4 Å². The summed E-state index contributed by atoms with van der Waals surface area (Å²) in [6.45, 7) is 0.497. The van der Waals surface area contributed by atoms with Gasteiger partial charge >= 0.3 is 12.4 Å². The number of rotatable bonds is 4. The monoisotopic (exact) mass is 419 g/mol. The van der Waals surface area contributed by atoms with E-state index in [4.69, 9.17) is 9.47 Å². The second-order valence-electron chi connectivity index (χ2n) is 6.80. The van der Waals surface area contributed by atoms with Gasteiger partial charge in [-0.15, -0.1) is 0 Å². The van der Waals surface area contributed by atoms with E-state index in [1.54, 1.807) is 0 Å². The smallest absolute Gasteiger partial charge is 0.349 e. The lowest BCUT2D eigenvalue weighted by atomic mass is 10.0. The van der Waals surface area contributed by atoms with Crippen molar-refractivity contribution in [3.8, 4) is 0 Å². The predicted molar refractivity (Wildman–Crippen MR) is 92.8 cm³/mol. The molecule has 0 aliphatic carbocycles. The number of ether oxygens (including phenoxy) is 2. The quantitative estimate of drug-likeness (QED) is 0.631. The van der Waals surface area contributed by atoms with Crippen molar-refractivity contribution in [1.29, 1.82) is 0 Å². The highest BCUT2D eigenvalue weighted by Gasteiger charge is 2.37. The van der Waals surface area contributed by atoms with E-state index < -0.39 is 36.4 Å². The molecule has 1 fully saturated rings. The minimum atomic E-state index is -4.90. The van der Waals surface area contributed by atoms with Crippen LogP contribution in [0.5, 0.6) is 0 Å². The maximum atomic E-state index is 13.0. The number of morpholine rings is 1. The molecule has 9 heteroatoms. The Morgan fingerprint density at radius 2 is 1.55 bits per heavy atom. The lowest BCUT2D eigenvalue weighted by Crippen LogP contribution is -2.44. The number of likely N-dealkylation sites (N-methyl/N-ethyl adjacent to an activating group) is 1. The van der Waals surface area contributed by atoms with Crippen molar-refractivity contribution in [2.45, 2.75) is 31.3 Å². The van der Waals surface area contributed by atoms with Crippen LogP contribution in [-0.4, -0.2) is 31.4 Å². The van der Waals surface area contributed by atoms with Crippen molar-refractivity contribution < 1.29 is 35.8 Å². The summed E-state index contributed by atoms with van der Waals surface area (Å²) in [6.07, 6.45) is -10.6. The molecule has 0 saturated carbocycles. The molecule has 0 amide bonds. The van der Waals surface area contributed by atoms with Crippen LogP contribution in [0.25, 0.3) is 0 Å². The SMILES string of the molecule is CN1CCO[C@H](OCc2cc(C(F)(F)F)cc(C(F)(F)F)c2)[C@@H]1c1ccccc1. The van der Waals surface area contributed by atoms with Gasteiger partial charge in [0.15, 0.2) is 6.29 Å². The number of hydrogen-bond acceptors (Lipinski definition) is 3. The van der Waals surface area contributed by atoms with Crippen LogP contribution in [0.3, 0.4) is 0 Å². The summed E-state index contributed by atoms with van der Waals surface area (Å²) in [5.74, 6) is 0. The summed E-state index contributed by atoms with van der Waals surface area (Å²) >= 11 is 0. The van der Waals surface area contributed by atoms with Gasteiger partial charge in [0, 0.05) is 6.54 Å². The van der Waals surface area contributed by atoms with Gasteiger partial charge in [-0.25, -0.2) is 0 Å². The molecule has 2 aromatic carbocycles. The Bertz CT molecular complexity index is 790. The minimum Gasteiger partial charge on any atom is -0.349 e. The fraction of sp³-hybridized carbons (Fsp3) is 0.400. The lowest BCUT2D eigenvalue weighted by Gasteiger charge is -2.39. The van der Waals surface area contributed by atoms with E-state index in [1.807, 2.05) is 42.3 Å². The van der Waals surface area contributed by atoms with E-state index in [1.165, 1.54) is 0 Å². The summed E-state index contributed by atoms with van der Waals surface area (Å²) in [6, 6.07) is 10.3. The molecule has 0 N–H and O–H groups in total. The molecular weight excluding hydrogens is 400 g/mol. The first kappa shape index (κ1) is 21.6. The normalized spacial score (nSPS) is 21.3. The summed E-state index contributed by atoms with van der Waals surface area (Å²) < 4.78 is 89.4. The van der Waals surface area contributed by atoms with Gasteiger partial charge in [-0.2, -0.15) is 26.3 Å². The van der Waals surface area contributed by atoms with Gasteiger partial charge in [-0.1, -0.05) is 30.3 Å². The van der Waals surface area contributed by atoms with Gasteiger partial charge in [0.05, 0.1) is 30.4 Å². The molecular formula is C20H19F6NO2. The zero-order valence-corrected chi connectivity index (χ0v) is 15.4. The fourth-order valence-corrected chi connectivity index (χ4v) is 3.23. The van der Waals surface area contributed by atoms with E-state index in [9.17, 15) is 26.3 Å². The van der Waals surface area contributed by atoms with Crippen molar-refractivity contribution in [3.05, 3.63) is 70.8 Å². The number of halogens is 6. The average Bonchev–Trinajstić information content (AvgIpc) is 2.65. The first-order valence-corrected chi connectivity index (χ1v) is 8.82. The summed E-state index contributed by atoms with van der Waals surface area (Å²) in [7, 11) is 1.85. The molecule has 0 radical (unpaired) electrons. The summed E-state index contributed by atoms with van der Waals surface area (Å²) in [4.78, 5) is 1.97. The average molecular weight is 419 g/mol. The Morgan fingerprint density at radius 1 is 0.966 bits per heavy atom. The van der Waals surface area contributed by atoms with Crippen molar-refractivity contribution >= 4 is 0 Å². The van der Waals surface area contributed by atoms with E-state index >= 15 is 0 Å². The highest BCUT2D eigenvalue weighted by molar-refractivity contribution is 5.33. The molecule has 0 spiro atoms. The van der Waals surface area contributed by atoms with Crippen LogP contribution in [0.15, 0.2) is 48.5 Å². The topological polar surface area (TPSA) is 21.7 Å². The highest BCUT2D eigenvalue weighted by Crippen LogP contribution is 2.37. The molecule has 1 heterocycles. The zero-order valence-electron chi connectivity index (χ0n) is 15.4. The maximum absolute atomic E-state index is 13.0. The van der Waals surface area contributed by atoms with Crippen LogP contribution in [0.4, 0.5) is 26.3 Å². The van der Waals surface area contributed by atoms with Gasteiger partial charge in [-0.3, -0.25) is 4.90 Å². The molecule has 158 valence electrons. The molecule has 3 rings (SSSR count). The lowest BCUT2D eigenvalue weighted by molar-refractivity contribution is -0.212. The standard InChI is InChI=1S/C20H19F6NO2/c1-27-7-8-28-18(17(27)14-5-3-2-4-6-14)29-12-13-9-15(19(21,22)23)11-16(10-13)20(24,25)26/h2-6,9-11,17-18H,7-8,12H2,1H3/t17-,18+/m0/s1. The molecule has 2 atom stereocenters. The van der Waals surface area contributed by atoms with Crippen molar-refractivity contribution in [2.24, 2.45) is 0 Å². The van der Waals surface area contributed by atoms with E-state index in [0.717, 1.165) is 5.56 Å². The molecule has 0 aromatic heterocycles. The van der Waals surface area contributed by atoms with Crippen LogP contribution >= 0.6 is 0 Å². The molecule has 2 aromatic rings. The Labute approximate surface area is 163 Å². The molecule has 0 unspecified atom stereocenters. The van der Waals surface area contributed by atoms with Crippen LogP contribution in [-0.2, 0) is 28.4 Å². The van der Waals surface area contributed by atoms with Gasteiger partial charge in [0.1, 0.15) is 0 Å². The molecule has 3 nitrogen and oxygen atoms in total. The van der Waals surface area contributed by atoms with Crippen molar-refractivity contribution in [3.63, 3.8) is 0 Å². The zero-order chi connectivity index (χ0) is 21.2. The highest BCUT2D eigenvalue weighted by atomic mass is 19.4. The third-order valence-electron chi connectivity index (χ3n) is 4.66. The molecule has 1 saturated heterocycles. The molecule has 29 heavy (non-hydrogen) atoms. The van der Waals surface area contributed by atoms with E-state index in [2.05, 4.69) is 0 Å². The largest absolute Gasteiger partial charge is 0.416 e. The minimum absolute atomic E-state index is 0.0984. The van der Waals surface area contributed by atoms with Gasteiger partial charge < -0.3 is 9.47 Å². The molecule has 0 bridgehead atoms. The number of hydrogen-bond donors (Lipinski definition) is 0. The predicted octanol–water partition coefficient (Wildman–Crippen LogP) is 5.27. The first-order chi connectivity index (χ1) is 13.6. The number of benzene rings is 2. The Morgan fingerprint density at radius 3 is 2.10 bits per heavy atom. The molecule has 1 aliphatic rings. The van der Waals surface area contributed by atoms with Gasteiger partial charge in [0.25, 0.3) is 0 Å². The van der Waals surface area contributed by atoms with Crippen molar-refractivity contribution in [2.75, 3.05) is 20.2 Å². The first-order valence-electron chi connectivity index (χ1n) is 8.82. The second kappa shape index (κ2) is 8.33. The Hall–Kier alpha value is -2.10. The number of alkyl halides is 6. The molecule has 1 aliphatic heterocycles. The third kappa shape index (κ3) is 5.29.